The third-order valence-electron chi connectivity index (χ3n) is 3.90. The van der Waals surface area contributed by atoms with Gasteiger partial charge in [-0.2, -0.15) is 0 Å². The Kier molecular flexibility index (Phi) is 8.70. The van der Waals surface area contributed by atoms with Gasteiger partial charge >= 0.3 is 0 Å². The topological polar surface area (TPSA) is 35.2 Å². The Labute approximate surface area is 114 Å². The van der Waals surface area contributed by atoms with Gasteiger partial charge < -0.3 is 10.5 Å². The van der Waals surface area contributed by atoms with Gasteiger partial charge in [-0.25, -0.2) is 0 Å². The molecule has 0 aromatic carbocycles. The molecule has 1 fully saturated rings. The summed E-state index contributed by atoms with van der Waals surface area (Å²) in [6, 6.07) is 0.253. The average Bonchev–Trinajstić information content (AvgIpc) is 2.32. The lowest BCUT2D eigenvalue weighted by Crippen LogP contribution is -2.37. The normalized spacial score (nSPS) is 28.7. The van der Waals surface area contributed by atoms with Gasteiger partial charge in [-0.3, -0.25) is 0 Å². The van der Waals surface area contributed by atoms with E-state index in [2.05, 4.69) is 13.8 Å². The fraction of sp³-hybridized carbons (Fsp3) is 1.00. The zero-order valence-electron chi connectivity index (χ0n) is 12.5. The van der Waals surface area contributed by atoms with Crippen LogP contribution in [0, 0.1) is 5.92 Å². The molecule has 0 radical (unpaired) electrons. The van der Waals surface area contributed by atoms with Crippen LogP contribution in [-0.4, -0.2) is 18.8 Å². The maximum absolute atomic E-state index is 6.32. The third-order valence-corrected chi connectivity index (χ3v) is 3.90. The lowest BCUT2D eigenvalue weighted by molar-refractivity contribution is 0.0110. The molecule has 0 heterocycles. The highest BCUT2D eigenvalue weighted by Gasteiger charge is 2.18. The van der Waals surface area contributed by atoms with Crippen molar-refractivity contribution in [1.29, 1.82) is 0 Å². The maximum atomic E-state index is 6.32. The van der Waals surface area contributed by atoms with Gasteiger partial charge in [0.25, 0.3) is 0 Å². The second-order valence-corrected chi connectivity index (χ2v) is 6.34. The van der Waals surface area contributed by atoms with Gasteiger partial charge in [-0.05, 0) is 18.8 Å². The van der Waals surface area contributed by atoms with Crippen molar-refractivity contribution >= 4 is 0 Å². The summed E-state index contributed by atoms with van der Waals surface area (Å²) in [5, 5.41) is 0. The smallest absolute Gasteiger partial charge is 0.0726 e. The largest absolute Gasteiger partial charge is 0.376 e. The monoisotopic (exact) mass is 255 g/mol. The summed E-state index contributed by atoms with van der Waals surface area (Å²) in [4.78, 5) is 0. The van der Waals surface area contributed by atoms with E-state index in [1.165, 1.54) is 51.4 Å². The first-order chi connectivity index (χ1) is 8.70. The van der Waals surface area contributed by atoms with Crippen molar-refractivity contribution in [1.82, 2.24) is 0 Å². The molecule has 0 amide bonds. The second kappa shape index (κ2) is 9.80. The molecule has 0 spiro atoms. The lowest BCUT2D eigenvalue weighted by Gasteiger charge is -2.26. The fourth-order valence-corrected chi connectivity index (χ4v) is 2.71. The van der Waals surface area contributed by atoms with E-state index in [-0.39, 0.29) is 6.04 Å². The van der Waals surface area contributed by atoms with Crippen LogP contribution in [0.4, 0.5) is 0 Å². The van der Waals surface area contributed by atoms with E-state index < -0.39 is 0 Å². The highest BCUT2D eigenvalue weighted by atomic mass is 16.5. The molecule has 1 aliphatic carbocycles. The van der Waals surface area contributed by atoms with E-state index in [1.54, 1.807) is 0 Å². The predicted octanol–water partition coefficient (Wildman–Crippen LogP) is 4.27. The standard InChI is InChI=1S/C16H33NO/c1-14(2)13-18-16-12-10-8-6-4-3-5-7-9-11-15(16)17/h14-16H,3-13,17H2,1-2H3. The average molecular weight is 255 g/mol. The van der Waals surface area contributed by atoms with E-state index in [1.807, 2.05) is 0 Å². The Bertz CT molecular complexity index is 194. The molecule has 0 aromatic heterocycles. The number of ether oxygens (including phenoxy) is 1. The quantitative estimate of drug-likeness (QED) is 0.817. The second-order valence-electron chi connectivity index (χ2n) is 6.34. The number of hydrogen-bond donors (Lipinski definition) is 1. The molecule has 1 rings (SSSR count). The van der Waals surface area contributed by atoms with E-state index in [0.29, 0.717) is 12.0 Å². The van der Waals surface area contributed by atoms with Gasteiger partial charge in [0, 0.05) is 12.6 Å². The van der Waals surface area contributed by atoms with Crippen LogP contribution in [0.15, 0.2) is 0 Å². The first-order valence-electron chi connectivity index (χ1n) is 8.07. The summed E-state index contributed by atoms with van der Waals surface area (Å²) in [6.07, 6.45) is 13.5. The molecule has 2 heteroatoms. The number of nitrogens with two attached hydrogens (primary N) is 1. The van der Waals surface area contributed by atoms with Gasteiger partial charge in [-0.1, -0.05) is 65.2 Å². The van der Waals surface area contributed by atoms with Crippen molar-refractivity contribution in [3.8, 4) is 0 Å². The van der Waals surface area contributed by atoms with Crippen molar-refractivity contribution in [2.75, 3.05) is 6.61 Å². The van der Waals surface area contributed by atoms with Crippen LogP contribution in [0.2, 0.25) is 0 Å². The van der Waals surface area contributed by atoms with E-state index in [9.17, 15) is 0 Å². The molecular weight excluding hydrogens is 222 g/mol. The highest BCUT2D eigenvalue weighted by molar-refractivity contribution is 4.74. The maximum Gasteiger partial charge on any atom is 0.0726 e. The molecule has 2 unspecified atom stereocenters. The molecule has 1 saturated carbocycles. The van der Waals surface area contributed by atoms with Crippen molar-refractivity contribution < 1.29 is 4.74 Å². The Morgan fingerprint density at radius 2 is 1.39 bits per heavy atom. The van der Waals surface area contributed by atoms with Crippen LogP contribution in [0.1, 0.15) is 78.1 Å². The molecule has 0 bridgehead atoms. The highest BCUT2D eigenvalue weighted by Crippen LogP contribution is 2.18. The minimum atomic E-state index is 0.253. The summed E-state index contributed by atoms with van der Waals surface area (Å²) in [5.74, 6) is 0.610. The van der Waals surface area contributed by atoms with E-state index >= 15 is 0 Å². The zero-order chi connectivity index (χ0) is 13.2. The van der Waals surface area contributed by atoms with Crippen LogP contribution in [-0.2, 0) is 4.74 Å². The van der Waals surface area contributed by atoms with Crippen molar-refractivity contribution in [2.45, 2.75) is 90.2 Å². The van der Waals surface area contributed by atoms with Gasteiger partial charge in [-0.15, -0.1) is 0 Å². The summed E-state index contributed by atoms with van der Waals surface area (Å²) < 4.78 is 6.04. The van der Waals surface area contributed by atoms with Crippen LogP contribution < -0.4 is 5.73 Å². The lowest BCUT2D eigenvalue weighted by atomic mass is 9.96. The van der Waals surface area contributed by atoms with Crippen LogP contribution >= 0.6 is 0 Å². The molecule has 108 valence electrons. The summed E-state index contributed by atoms with van der Waals surface area (Å²) >= 11 is 0. The molecule has 2 N–H and O–H groups in total. The molecule has 2 nitrogen and oxygen atoms in total. The van der Waals surface area contributed by atoms with Crippen LogP contribution in [0.5, 0.6) is 0 Å². The SMILES string of the molecule is CC(C)COC1CCCCCCCCCCC1N. The third kappa shape index (κ3) is 7.38. The first-order valence-corrected chi connectivity index (χ1v) is 8.07. The molecule has 0 aliphatic heterocycles. The Hall–Kier alpha value is -0.0800. The predicted molar refractivity (Wildman–Crippen MR) is 78.7 cm³/mol. The van der Waals surface area contributed by atoms with Gasteiger partial charge in [0.05, 0.1) is 6.10 Å². The van der Waals surface area contributed by atoms with Crippen molar-refractivity contribution in [3.63, 3.8) is 0 Å². The van der Waals surface area contributed by atoms with Crippen molar-refractivity contribution in [2.24, 2.45) is 11.7 Å². The Morgan fingerprint density at radius 3 is 1.94 bits per heavy atom. The van der Waals surface area contributed by atoms with Gasteiger partial charge in [0.15, 0.2) is 0 Å². The molecule has 0 saturated heterocycles. The zero-order valence-corrected chi connectivity index (χ0v) is 12.5. The van der Waals surface area contributed by atoms with Gasteiger partial charge in [0.2, 0.25) is 0 Å². The van der Waals surface area contributed by atoms with Gasteiger partial charge in [0.1, 0.15) is 0 Å². The number of hydrogen-bond acceptors (Lipinski definition) is 2. The molecule has 2 atom stereocenters. The number of rotatable bonds is 3. The molecule has 0 aromatic rings. The molecule has 18 heavy (non-hydrogen) atoms. The first kappa shape index (κ1) is 16.0. The molecular formula is C16H33NO. The summed E-state index contributed by atoms with van der Waals surface area (Å²) in [5.41, 5.74) is 6.32. The van der Waals surface area contributed by atoms with E-state index in [4.69, 9.17) is 10.5 Å². The Morgan fingerprint density at radius 1 is 0.889 bits per heavy atom. The van der Waals surface area contributed by atoms with Crippen LogP contribution in [0.25, 0.3) is 0 Å². The fourth-order valence-electron chi connectivity index (χ4n) is 2.71. The molecule has 1 aliphatic rings. The minimum Gasteiger partial charge on any atom is -0.376 e. The van der Waals surface area contributed by atoms with Crippen molar-refractivity contribution in [3.05, 3.63) is 0 Å². The van der Waals surface area contributed by atoms with E-state index in [0.717, 1.165) is 19.4 Å². The minimum absolute atomic E-state index is 0.253. The van der Waals surface area contributed by atoms with Crippen LogP contribution in [0.3, 0.4) is 0 Å². The Balaban J connectivity index is 2.36. The summed E-state index contributed by atoms with van der Waals surface area (Å²) in [7, 11) is 0. The summed E-state index contributed by atoms with van der Waals surface area (Å²) in [6.45, 7) is 5.28.